The van der Waals surface area contributed by atoms with Crippen LogP contribution in [0.1, 0.15) is 11.1 Å². The summed E-state index contributed by atoms with van der Waals surface area (Å²) in [6.45, 7) is 1.05. The van der Waals surface area contributed by atoms with Crippen molar-refractivity contribution in [2.45, 2.75) is 11.8 Å². The number of ether oxygens (including phenoxy) is 1. The Morgan fingerprint density at radius 3 is 2.75 bits per heavy atom. The lowest BCUT2D eigenvalue weighted by Gasteiger charge is -2.09. The van der Waals surface area contributed by atoms with Crippen molar-refractivity contribution < 1.29 is 23.1 Å². The molecule has 7 nitrogen and oxygen atoms in total. The molecule has 0 atom stereocenters. The van der Waals surface area contributed by atoms with Gasteiger partial charge < -0.3 is 9.84 Å². The third kappa shape index (κ3) is 4.62. The van der Waals surface area contributed by atoms with E-state index in [1.165, 1.54) is 18.2 Å². The van der Waals surface area contributed by atoms with E-state index in [4.69, 9.17) is 15.1 Å². The van der Waals surface area contributed by atoms with Crippen molar-refractivity contribution in [2.75, 3.05) is 19.8 Å². The van der Waals surface area contributed by atoms with E-state index in [9.17, 15) is 13.2 Å². The molecule has 1 aromatic rings. The second-order valence-electron chi connectivity index (χ2n) is 3.94. The molecule has 0 aromatic heterocycles. The van der Waals surface area contributed by atoms with E-state index in [0.717, 1.165) is 0 Å². The Morgan fingerprint density at radius 2 is 2.20 bits per heavy atom. The minimum atomic E-state index is -3.70. The fourth-order valence-corrected chi connectivity index (χ4v) is 2.74. The zero-order valence-corrected chi connectivity index (χ0v) is 11.6. The predicted octanol–water partition coefficient (Wildman–Crippen LogP) is 0.246. The largest absolute Gasteiger partial charge is 0.480 e. The Hall–Kier alpha value is -1.95. The van der Waals surface area contributed by atoms with Crippen molar-refractivity contribution in [1.29, 1.82) is 5.26 Å². The number of nitrogens with one attached hydrogen (secondary N) is 1. The number of rotatable bonds is 7. The summed E-state index contributed by atoms with van der Waals surface area (Å²) in [5.74, 6) is -1.12. The monoisotopic (exact) mass is 298 g/mol. The molecule has 1 aromatic carbocycles. The van der Waals surface area contributed by atoms with Gasteiger partial charge in [-0.3, -0.25) is 0 Å². The Labute approximate surface area is 116 Å². The minimum absolute atomic E-state index is 0.0327. The Balaban J connectivity index is 2.65. The molecular weight excluding hydrogens is 284 g/mol. The number of nitriles is 1. The molecule has 0 saturated heterocycles. The van der Waals surface area contributed by atoms with E-state index in [0.29, 0.717) is 11.1 Å². The van der Waals surface area contributed by atoms with Crippen molar-refractivity contribution in [3.8, 4) is 6.07 Å². The topological polar surface area (TPSA) is 116 Å². The first-order chi connectivity index (χ1) is 9.36. The Morgan fingerprint density at radius 1 is 1.50 bits per heavy atom. The number of hydrogen-bond acceptors (Lipinski definition) is 5. The number of aliphatic carboxylic acids is 1. The molecule has 0 aliphatic heterocycles. The van der Waals surface area contributed by atoms with Gasteiger partial charge in [-0.2, -0.15) is 5.26 Å². The van der Waals surface area contributed by atoms with Crippen molar-refractivity contribution in [3.05, 3.63) is 29.3 Å². The summed E-state index contributed by atoms with van der Waals surface area (Å²) in [7, 11) is -3.70. The summed E-state index contributed by atoms with van der Waals surface area (Å²) >= 11 is 0. The third-order valence-corrected chi connectivity index (χ3v) is 3.98. The van der Waals surface area contributed by atoms with Crippen molar-refractivity contribution >= 4 is 16.0 Å². The first-order valence-electron chi connectivity index (χ1n) is 5.67. The quantitative estimate of drug-likeness (QED) is 0.697. The molecular formula is C12H14N2O5S. The molecule has 0 amide bonds. The fourth-order valence-electron chi connectivity index (χ4n) is 1.51. The van der Waals surface area contributed by atoms with E-state index in [2.05, 4.69) is 4.72 Å². The lowest BCUT2D eigenvalue weighted by Crippen LogP contribution is -2.28. The molecule has 0 unspecified atom stereocenters. The van der Waals surface area contributed by atoms with Gasteiger partial charge in [-0.05, 0) is 30.7 Å². The summed E-state index contributed by atoms with van der Waals surface area (Å²) in [6.07, 6.45) is 0. The number of sulfonamides is 1. The van der Waals surface area contributed by atoms with Gasteiger partial charge in [0.05, 0.1) is 23.1 Å². The maximum atomic E-state index is 12.0. The normalized spacial score (nSPS) is 11.0. The van der Waals surface area contributed by atoms with Crippen LogP contribution in [-0.4, -0.2) is 39.3 Å². The summed E-state index contributed by atoms with van der Waals surface area (Å²) in [5, 5.41) is 17.1. The third-order valence-electron chi connectivity index (χ3n) is 2.36. The van der Waals surface area contributed by atoms with Gasteiger partial charge in [0, 0.05) is 6.54 Å². The number of carboxylic acids is 1. The highest BCUT2D eigenvalue weighted by Crippen LogP contribution is 2.16. The van der Waals surface area contributed by atoms with Crippen molar-refractivity contribution in [1.82, 2.24) is 4.72 Å². The van der Waals surface area contributed by atoms with E-state index in [1.807, 2.05) is 6.07 Å². The van der Waals surface area contributed by atoms with Crippen molar-refractivity contribution in [3.63, 3.8) is 0 Å². The van der Waals surface area contributed by atoms with Gasteiger partial charge in [-0.25, -0.2) is 17.9 Å². The van der Waals surface area contributed by atoms with Crippen LogP contribution in [0, 0.1) is 18.3 Å². The Bertz CT molecular complexity index is 634. The number of aryl methyl sites for hydroxylation is 1. The smallest absolute Gasteiger partial charge is 0.329 e. The number of hydrogen-bond donors (Lipinski definition) is 2. The SMILES string of the molecule is Cc1cc(C#N)ccc1S(=O)(=O)NCCOCC(=O)O. The number of carboxylic acid groups (broad SMARTS) is 1. The molecule has 1 rings (SSSR count). The van der Waals surface area contributed by atoms with Gasteiger partial charge in [-0.1, -0.05) is 0 Å². The number of benzene rings is 1. The Kier molecular flexibility index (Phi) is 5.64. The van der Waals surface area contributed by atoms with E-state index >= 15 is 0 Å². The molecule has 20 heavy (non-hydrogen) atoms. The molecule has 0 heterocycles. The van der Waals surface area contributed by atoms with E-state index in [-0.39, 0.29) is 18.0 Å². The zero-order chi connectivity index (χ0) is 15.2. The standard InChI is InChI=1S/C12H14N2O5S/c1-9-6-10(7-13)2-3-11(9)20(17,18)14-4-5-19-8-12(15)16/h2-3,6,14H,4-5,8H2,1H3,(H,15,16). The summed E-state index contributed by atoms with van der Waals surface area (Å²) in [6, 6.07) is 6.18. The summed E-state index contributed by atoms with van der Waals surface area (Å²) < 4.78 is 31.0. The van der Waals surface area contributed by atoms with Gasteiger partial charge in [0.15, 0.2) is 0 Å². The highest BCUT2D eigenvalue weighted by Gasteiger charge is 2.16. The van der Waals surface area contributed by atoms with Gasteiger partial charge >= 0.3 is 5.97 Å². The first kappa shape index (κ1) is 16.1. The fraction of sp³-hybridized carbons (Fsp3) is 0.333. The van der Waals surface area contributed by atoms with Gasteiger partial charge in [0.1, 0.15) is 6.61 Å². The average molecular weight is 298 g/mol. The highest BCUT2D eigenvalue weighted by atomic mass is 32.2. The maximum Gasteiger partial charge on any atom is 0.329 e. The molecule has 0 aliphatic carbocycles. The van der Waals surface area contributed by atoms with Gasteiger partial charge in [0.25, 0.3) is 0 Å². The summed E-state index contributed by atoms with van der Waals surface area (Å²) in [4.78, 5) is 10.3. The zero-order valence-electron chi connectivity index (χ0n) is 10.8. The minimum Gasteiger partial charge on any atom is -0.480 e. The maximum absolute atomic E-state index is 12.0. The van der Waals surface area contributed by atoms with Gasteiger partial charge in [0.2, 0.25) is 10.0 Å². The van der Waals surface area contributed by atoms with Gasteiger partial charge in [-0.15, -0.1) is 0 Å². The molecule has 0 fully saturated rings. The van der Waals surface area contributed by atoms with Crippen LogP contribution >= 0.6 is 0 Å². The van der Waals surface area contributed by atoms with Crippen molar-refractivity contribution in [2.24, 2.45) is 0 Å². The summed E-state index contributed by atoms with van der Waals surface area (Å²) in [5.41, 5.74) is 0.842. The van der Waals surface area contributed by atoms with Crippen LogP contribution in [0.5, 0.6) is 0 Å². The van der Waals surface area contributed by atoms with Crippen LogP contribution in [0.15, 0.2) is 23.1 Å². The van der Waals surface area contributed by atoms with Crippen LogP contribution in [0.3, 0.4) is 0 Å². The lowest BCUT2D eigenvalue weighted by atomic mass is 10.2. The molecule has 0 bridgehead atoms. The van der Waals surface area contributed by atoms with Crippen LogP contribution in [0.4, 0.5) is 0 Å². The molecule has 0 radical (unpaired) electrons. The first-order valence-corrected chi connectivity index (χ1v) is 7.15. The molecule has 108 valence electrons. The molecule has 0 spiro atoms. The van der Waals surface area contributed by atoms with Crippen LogP contribution in [0.2, 0.25) is 0 Å². The van der Waals surface area contributed by atoms with Crippen LogP contribution in [-0.2, 0) is 19.6 Å². The second kappa shape index (κ2) is 7.00. The van der Waals surface area contributed by atoms with E-state index in [1.54, 1.807) is 6.92 Å². The lowest BCUT2D eigenvalue weighted by molar-refractivity contribution is -0.142. The average Bonchev–Trinajstić information content (AvgIpc) is 2.37. The molecule has 8 heteroatoms. The molecule has 0 saturated carbocycles. The second-order valence-corrected chi connectivity index (χ2v) is 5.67. The molecule has 0 aliphatic rings. The highest BCUT2D eigenvalue weighted by molar-refractivity contribution is 7.89. The predicted molar refractivity (Wildman–Crippen MR) is 69.5 cm³/mol. The molecule has 2 N–H and O–H groups in total. The number of carbonyl (C=O) groups is 1. The van der Waals surface area contributed by atoms with E-state index < -0.39 is 22.6 Å². The van der Waals surface area contributed by atoms with Crippen LogP contribution < -0.4 is 4.72 Å². The number of nitrogens with zero attached hydrogens (tertiary/aromatic N) is 1. The van der Waals surface area contributed by atoms with Crippen LogP contribution in [0.25, 0.3) is 0 Å².